The van der Waals surface area contributed by atoms with Crippen molar-refractivity contribution < 1.29 is 13.2 Å². The number of amides is 1. The molecule has 2 aliphatic rings. The standard InChI is InChI=1S/C20H31N3O3S/c1-13(2)23(3)27(25,26)18-9-5-8-16(12-18)20(24)22-19-14-6-4-7-15(19)11-17(21)10-14/h5,8-9,12-15,17,19H,4,6-7,10-11,21H2,1-3H3,(H,22,24). The van der Waals surface area contributed by atoms with Crippen LogP contribution in [0.15, 0.2) is 29.2 Å². The lowest BCUT2D eigenvalue weighted by Crippen LogP contribution is -2.53. The van der Waals surface area contributed by atoms with Gasteiger partial charge in [-0.1, -0.05) is 12.5 Å². The van der Waals surface area contributed by atoms with Crippen molar-refractivity contribution in [3.05, 3.63) is 29.8 Å². The van der Waals surface area contributed by atoms with Crippen LogP contribution in [0.2, 0.25) is 0 Å². The minimum Gasteiger partial charge on any atom is -0.349 e. The molecule has 27 heavy (non-hydrogen) atoms. The van der Waals surface area contributed by atoms with E-state index in [2.05, 4.69) is 5.32 Å². The van der Waals surface area contributed by atoms with Crippen molar-refractivity contribution in [3.63, 3.8) is 0 Å². The zero-order valence-electron chi connectivity index (χ0n) is 16.4. The van der Waals surface area contributed by atoms with Crippen molar-refractivity contribution >= 4 is 15.9 Å². The lowest BCUT2D eigenvalue weighted by Gasteiger charge is -2.45. The summed E-state index contributed by atoms with van der Waals surface area (Å²) in [6.07, 6.45) is 5.30. The maximum absolute atomic E-state index is 12.9. The van der Waals surface area contributed by atoms with Crippen molar-refractivity contribution in [2.75, 3.05) is 7.05 Å². The summed E-state index contributed by atoms with van der Waals surface area (Å²) in [5, 5.41) is 3.19. The number of carbonyl (C=O) groups is 1. The quantitative estimate of drug-likeness (QED) is 0.803. The summed E-state index contributed by atoms with van der Waals surface area (Å²) in [4.78, 5) is 13.0. The number of nitrogens with zero attached hydrogens (tertiary/aromatic N) is 1. The molecule has 1 aromatic carbocycles. The molecular formula is C20H31N3O3S. The van der Waals surface area contributed by atoms with Crippen LogP contribution in [0.4, 0.5) is 0 Å². The van der Waals surface area contributed by atoms with Crippen LogP contribution >= 0.6 is 0 Å². The first kappa shape index (κ1) is 20.3. The molecule has 7 heteroatoms. The summed E-state index contributed by atoms with van der Waals surface area (Å²) in [5.74, 6) is 0.655. The highest BCUT2D eigenvalue weighted by Gasteiger charge is 2.40. The van der Waals surface area contributed by atoms with E-state index < -0.39 is 10.0 Å². The third kappa shape index (κ3) is 4.20. The summed E-state index contributed by atoms with van der Waals surface area (Å²) in [6.45, 7) is 3.64. The van der Waals surface area contributed by atoms with E-state index in [1.54, 1.807) is 25.2 Å². The number of rotatable bonds is 5. The first-order chi connectivity index (χ1) is 12.7. The molecule has 0 heterocycles. The summed E-state index contributed by atoms with van der Waals surface area (Å²) in [5.41, 5.74) is 6.56. The van der Waals surface area contributed by atoms with Gasteiger partial charge in [0.1, 0.15) is 0 Å². The summed E-state index contributed by atoms with van der Waals surface area (Å²) < 4.78 is 26.7. The number of benzene rings is 1. The molecule has 2 fully saturated rings. The Morgan fingerprint density at radius 3 is 2.44 bits per heavy atom. The maximum Gasteiger partial charge on any atom is 0.251 e. The second kappa shape index (κ2) is 7.89. The molecule has 2 unspecified atom stereocenters. The lowest BCUT2D eigenvalue weighted by molar-refractivity contribution is 0.0756. The van der Waals surface area contributed by atoms with Gasteiger partial charge in [0.15, 0.2) is 0 Å². The van der Waals surface area contributed by atoms with E-state index in [0.29, 0.717) is 17.4 Å². The third-order valence-electron chi connectivity index (χ3n) is 6.17. The van der Waals surface area contributed by atoms with E-state index in [1.807, 2.05) is 13.8 Å². The van der Waals surface area contributed by atoms with Gasteiger partial charge in [0.05, 0.1) is 4.90 Å². The molecule has 3 N–H and O–H groups in total. The summed E-state index contributed by atoms with van der Waals surface area (Å²) in [7, 11) is -2.06. The number of hydrogen-bond acceptors (Lipinski definition) is 4. The fourth-order valence-electron chi connectivity index (χ4n) is 4.50. The fraction of sp³-hybridized carbons (Fsp3) is 0.650. The number of sulfonamides is 1. The molecule has 3 rings (SSSR count). The molecule has 2 bridgehead atoms. The Labute approximate surface area is 162 Å². The smallest absolute Gasteiger partial charge is 0.251 e. The molecular weight excluding hydrogens is 362 g/mol. The Hall–Kier alpha value is -1.44. The number of carbonyl (C=O) groups excluding carboxylic acids is 1. The van der Waals surface area contributed by atoms with Gasteiger partial charge < -0.3 is 11.1 Å². The van der Waals surface area contributed by atoms with Gasteiger partial charge in [-0.3, -0.25) is 4.79 Å². The monoisotopic (exact) mass is 393 g/mol. The number of fused-ring (bicyclic) bond motifs is 2. The summed E-state index contributed by atoms with van der Waals surface area (Å²) >= 11 is 0. The average molecular weight is 394 g/mol. The predicted octanol–water partition coefficient (Wildman–Crippen LogP) is 2.35. The normalized spacial score (nSPS) is 28.4. The van der Waals surface area contributed by atoms with Gasteiger partial charge >= 0.3 is 0 Å². The average Bonchev–Trinajstić information content (AvgIpc) is 2.61. The van der Waals surface area contributed by atoms with Gasteiger partial charge in [-0.05, 0) is 69.6 Å². The van der Waals surface area contributed by atoms with E-state index in [4.69, 9.17) is 5.73 Å². The fourth-order valence-corrected chi connectivity index (χ4v) is 5.92. The van der Waals surface area contributed by atoms with Crippen LogP contribution in [0.25, 0.3) is 0 Å². The SMILES string of the molecule is CC(C)N(C)S(=O)(=O)c1cccc(C(=O)NC2C3CCCC2CC(N)C3)c1. The van der Waals surface area contributed by atoms with Crippen LogP contribution in [0.5, 0.6) is 0 Å². The molecule has 0 aromatic heterocycles. The molecule has 2 aliphatic carbocycles. The number of nitrogens with one attached hydrogen (secondary N) is 1. The maximum atomic E-state index is 12.9. The molecule has 0 aliphatic heterocycles. The Morgan fingerprint density at radius 1 is 1.22 bits per heavy atom. The molecule has 150 valence electrons. The van der Waals surface area contributed by atoms with Crippen LogP contribution in [-0.4, -0.2) is 43.8 Å². The van der Waals surface area contributed by atoms with Gasteiger partial charge in [0.2, 0.25) is 10.0 Å². The Morgan fingerprint density at radius 2 is 1.85 bits per heavy atom. The van der Waals surface area contributed by atoms with Crippen molar-refractivity contribution in [2.24, 2.45) is 17.6 Å². The Kier molecular flexibility index (Phi) is 5.93. The van der Waals surface area contributed by atoms with Crippen molar-refractivity contribution in [1.82, 2.24) is 9.62 Å². The first-order valence-electron chi connectivity index (χ1n) is 9.84. The van der Waals surface area contributed by atoms with Crippen LogP contribution < -0.4 is 11.1 Å². The Bertz CT molecular complexity index is 779. The number of nitrogens with two attached hydrogens (primary N) is 1. The molecule has 0 radical (unpaired) electrons. The van der Waals surface area contributed by atoms with Crippen molar-refractivity contribution in [2.45, 2.75) is 69.0 Å². The van der Waals surface area contributed by atoms with E-state index in [-0.39, 0.29) is 28.9 Å². The third-order valence-corrected chi connectivity index (χ3v) is 8.20. The molecule has 2 atom stereocenters. The van der Waals surface area contributed by atoms with Gasteiger partial charge in [-0.25, -0.2) is 8.42 Å². The van der Waals surface area contributed by atoms with Gasteiger partial charge in [0.25, 0.3) is 5.91 Å². The van der Waals surface area contributed by atoms with Crippen molar-refractivity contribution in [1.29, 1.82) is 0 Å². The van der Waals surface area contributed by atoms with Crippen molar-refractivity contribution in [3.8, 4) is 0 Å². The zero-order chi connectivity index (χ0) is 19.8. The lowest BCUT2D eigenvalue weighted by atomic mass is 9.67. The highest BCUT2D eigenvalue weighted by atomic mass is 32.2. The molecule has 6 nitrogen and oxygen atoms in total. The molecule has 1 aromatic rings. The first-order valence-corrected chi connectivity index (χ1v) is 11.3. The van der Waals surface area contributed by atoms with Gasteiger partial charge in [0, 0.05) is 30.7 Å². The Balaban J connectivity index is 1.78. The van der Waals surface area contributed by atoms with Crippen LogP contribution in [0.1, 0.15) is 56.3 Å². The minimum atomic E-state index is -3.61. The van der Waals surface area contributed by atoms with Gasteiger partial charge in [-0.2, -0.15) is 4.31 Å². The van der Waals surface area contributed by atoms with Crippen LogP contribution in [-0.2, 0) is 10.0 Å². The zero-order valence-corrected chi connectivity index (χ0v) is 17.2. The van der Waals surface area contributed by atoms with Crippen LogP contribution in [0.3, 0.4) is 0 Å². The second-order valence-electron chi connectivity index (χ2n) is 8.32. The largest absolute Gasteiger partial charge is 0.349 e. The molecule has 0 spiro atoms. The van der Waals surface area contributed by atoms with Crippen LogP contribution in [0, 0.1) is 11.8 Å². The second-order valence-corrected chi connectivity index (χ2v) is 10.3. The van der Waals surface area contributed by atoms with Gasteiger partial charge in [-0.15, -0.1) is 0 Å². The highest BCUT2D eigenvalue weighted by Crippen LogP contribution is 2.39. The molecule has 2 saturated carbocycles. The minimum absolute atomic E-state index is 0.143. The van der Waals surface area contributed by atoms with E-state index >= 15 is 0 Å². The number of hydrogen-bond donors (Lipinski definition) is 2. The van der Waals surface area contributed by atoms with E-state index in [0.717, 1.165) is 25.7 Å². The predicted molar refractivity (Wildman–Crippen MR) is 106 cm³/mol. The molecule has 1 amide bonds. The topological polar surface area (TPSA) is 92.5 Å². The summed E-state index contributed by atoms with van der Waals surface area (Å²) in [6, 6.07) is 6.55. The van der Waals surface area contributed by atoms with E-state index in [9.17, 15) is 13.2 Å². The van der Waals surface area contributed by atoms with E-state index in [1.165, 1.54) is 16.8 Å². The molecule has 0 saturated heterocycles. The highest BCUT2D eigenvalue weighted by molar-refractivity contribution is 7.89.